The van der Waals surface area contributed by atoms with E-state index in [2.05, 4.69) is 10.6 Å². The second-order valence-electron chi connectivity index (χ2n) is 6.11. The van der Waals surface area contributed by atoms with Crippen LogP contribution in [0.4, 0.5) is 15.8 Å². The molecule has 0 fully saturated rings. The van der Waals surface area contributed by atoms with Gasteiger partial charge in [-0.05, 0) is 43.3 Å². The number of hydrogen-bond donors (Lipinski definition) is 2. The standard InChI is InChI=1S/C18H17FN2O5S/c1-11(8-17(22)20-13-4-2-12(19)3-5-13)27(24,25)14-6-7-15-16(9-14)26-10-18(23)21-15/h2-7,9,11H,8,10H2,1H3,(H,20,22)(H,21,23). The van der Waals surface area contributed by atoms with Gasteiger partial charge in [0.2, 0.25) is 5.91 Å². The molecule has 3 rings (SSSR count). The predicted molar refractivity (Wildman–Crippen MR) is 96.9 cm³/mol. The lowest BCUT2D eigenvalue weighted by Crippen LogP contribution is -2.27. The fourth-order valence-corrected chi connectivity index (χ4v) is 3.94. The number of nitrogens with one attached hydrogen (secondary N) is 2. The van der Waals surface area contributed by atoms with Crippen LogP contribution in [0.25, 0.3) is 0 Å². The van der Waals surface area contributed by atoms with Gasteiger partial charge in [0.05, 0.1) is 15.8 Å². The van der Waals surface area contributed by atoms with Crippen molar-refractivity contribution in [3.8, 4) is 5.75 Å². The van der Waals surface area contributed by atoms with Crippen molar-refractivity contribution in [2.45, 2.75) is 23.5 Å². The van der Waals surface area contributed by atoms with E-state index in [9.17, 15) is 22.4 Å². The molecule has 0 spiro atoms. The van der Waals surface area contributed by atoms with Crippen LogP contribution in [-0.2, 0) is 19.4 Å². The van der Waals surface area contributed by atoms with Crippen molar-refractivity contribution in [3.05, 3.63) is 48.3 Å². The van der Waals surface area contributed by atoms with Crippen LogP contribution < -0.4 is 15.4 Å². The fourth-order valence-electron chi connectivity index (χ4n) is 2.58. The highest BCUT2D eigenvalue weighted by Gasteiger charge is 2.28. The summed E-state index contributed by atoms with van der Waals surface area (Å²) in [5.74, 6) is -0.989. The minimum Gasteiger partial charge on any atom is -0.482 e. The summed E-state index contributed by atoms with van der Waals surface area (Å²) in [5.41, 5.74) is 0.774. The highest BCUT2D eigenvalue weighted by atomic mass is 32.2. The van der Waals surface area contributed by atoms with E-state index in [1.165, 1.54) is 49.4 Å². The number of sulfone groups is 1. The Hall–Kier alpha value is -2.94. The van der Waals surface area contributed by atoms with Crippen molar-refractivity contribution >= 4 is 33.0 Å². The molecule has 7 nitrogen and oxygen atoms in total. The Morgan fingerprint density at radius 1 is 1.26 bits per heavy atom. The molecule has 0 radical (unpaired) electrons. The Morgan fingerprint density at radius 2 is 1.96 bits per heavy atom. The van der Waals surface area contributed by atoms with Gasteiger partial charge in [-0.1, -0.05) is 0 Å². The van der Waals surface area contributed by atoms with Crippen molar-refractivity contribution in [1.82, 2.24) is 0 Å². The van der Waals surface area contributed by atoms with E-state index in [-0.39, 0.29) is 29.6 Å². The van der Waals surface area contributed by atoms with Gasteiger partial charge in [-0.15, -0.1) is 0 Å². The van der Waals surface area contributed by atoms with Crippen LogP contribution in [0.15, 0.2) is 47.4 Å². The van der Waals surface area contributed by atoms with Crippen molar-refractivity contribution < 1.29 is 27.1 Å². The fraction of sp³-hybridized carbons (Fsp3) is 0.222. The largest absolute Gasteiger partial charge is 0.482 e. The van der Waals surface area contributed by atoms with Crippen LogP contribution in [0.5, 0.6) is 5.75 Å². The summed E-state index contributed by atoms with van der Waals surface area (Å²) in [7, 11) is -3.79. The first-order chi connectivity index (χ1) is 12.8. The van der Waals surface area contributed by atoms with E-state index in [1.54, 1.807) is 0 Å². The summed E-state index contributed by atoms with van der Waals surface area (Å²) in [6.45, 7) is 1.24. The quantitative estimate of drug-likeness (QED) is 0.813. The number of ether oxygens (including phenoxy) is 1. The topological polar surface area (TPSA) is 102 Å². The molecule has 9 heteroatoms. The zero-order valence-corrected chi connectivity index (χ0v) is 15.2. The number of carbonyl (C=O) groups excluding carboxylic acids is 2. The first kappa shape index (κ1) is 18.8. The number of benzene rings is 2. The third kappa shape index (κ3) is 4.25. The van der Waals surface area contributed by atoms with Crippen molar-refractivity contribution in [3.63, 3.8) is 0 Å². The maximum absolute atomic E-state index is 12.9. The summed E-state index contributed by atoms with van der Waals surface area (Å²) >= 11 is 0. The molecule has 1 aliphatic rings. The molecule has 142 valence electrons. The lowest BCUT2D eigenvalue weighted by Gasteiger charge is -2.19. The van der Waals surface area contributed by atoms with Gasteiger partial charge in [-0.2, -0.15) is 0 Å². The van der Waals surface area contributed by atoms with Gasteiger partial charge in [-0.25, -0.2) is 12.8 Å². The van der Waals surface area contributed by atoms with Crippen LogP contribution in [0.1, 0.15) is 13.3 Å². The van der Waals surface area contributed by atoms with Gasteiger partial charge in [-0.3, -0.25) is 9.59 Å². The number of anilines is 2. The lowest BCUT2D eigenvalue weighted by molar-refractivity contribution is -0.118. The molecule has 1 heterocycles. The minimum absolute atomic E-state index is 0.000480. The molecule has 2 aromatic carbocycles. The van der Waals surface area contributed by atoms with Crippen LogP contribution in [0.3, 0.4) is 0 Å². The van der Waals surface area contributed by atoms with E-state index >= 15 is 0 Å². The normalized spacial score (nSPS) is 14.5. The summed E-state index contributed by atoms with van der Waals surface area (Å²) in [5, 5.41) is 4.13. The predicted octanol–water partition coefficient (Wildman–Crippen LogP) is 2.35. The number of amides is 2. The van der Waals surface area contributed by atoms with Crippen LogP contribution >= 0.6 is 0 Å². The minimum atomic E-state index is -3.79. The van der Waals surface area contributed by atoms with Gasteiger partial charge in [0.15, 0.2) is 16.4 Å². The maximum Gasteiger partial charge on any atom is 0.262 e. The Bertz CT molecular complexity index is 989. The van der Waals surface area contributed by atoms with Crippen LogP contribution in [0, 0.1) is 5.82 Å². The zero-order valence-electron chi connectivity index (χ0n) is 14.4. The molecule has 0 saturated carbocycles. The molecule has 0 saturated heterocycles. The van der Waals surface area contributed by atoms with Crippen molar-refractivity contribution in [2.24, 2.45) is 0 Å². The molecule has 1 atom stereocenters. The summed E-state index contributed by atoms with van der Waals surface area (Å²) in [4.78, 5) is 23.4. The smallest absolute Gasteiger partial charge is 0.262 e. The Labute approximate surface area is 155 Å². The Morgan fingerprint density at radius 3 is 2.67 bits per heavy atom. The molecule has 1 unspecified atom stereocenters. The number of fused-ring (bicyclic) bond motifs is 1. The maximum atomic E-state index is 12.9. The average Bonchev–Trinajstić information content (AvgIpc) is 2.63. The van der Waals surface area contributed by atoms with E-state index in [0.717, 1.165) is 0 Å². The molecule has 0 bridgehead atoms. The monoisotopic (exact) mass is 392 g/mol. The Balaban J connectivity index is 1.71. The van der Waals surface area contributed by atoms with Crippen LogP contribution in [0.2, 0.25) is 0 Å². The molecule has 0 aromatic heterocycles. The number of hydrogen-bond acceptors (Lipinski definition) is 5. The lowest BCUT2D eigenvalue weighted by atomic mass is 10.2. The zero-order chi connectivity index (χ0) is 19.6. The first-order valence-electron chi connectivity index (χ1n) is 8.12. The second kappa shape index (κ2) is 7.36. The number of carbonyl (C=O) groups is 2. The van der Waals surface area contributed by atoms with E-state index < -0.39 is 26.8 Å². The average molecular weight is 392 g/mol. The first-order valence-corrected chi connectivity index (χ1v) is 9.66. The van der Waals surface area contributed by atoms with Gasteiger partial charge < -0.3 is 15.4 Å². The summed E-state index contributed by atoms with van der Waals surface area (Å²) in [6.07, 6.45) is -0.269. The molecule has 1 aliphatic heterocycles. The van der Waals surface area contributed by atoms with Crippen molar-refractivity contribution in [1.29, 1.82) is 0 Å². The molecule has 2 aromatic rings. The molecule has 2 amide bonds. The molecular formula is C18H17FN2O5S. The molecule has 0 aliphatic carbocycles. The van der Waals surface area contributed by atoms with Crippen LogP contribution in [-0.4, -0.2) is 32.1 Å². The van der Waals surface area contributed by atoms with Gasteiger partial charge in [0.25, 0.3) is 5.91 Å². The van der Waals surface area contributed by atoms with Gasteiger partial charge in [0.1, 0.15) is 11.6 Å². The molecule has 27 heavy (non-hydrogen) atoms. The number of halogens is 1. The third-order valence-electron chi connectivity index (χ3n) is 4.05. The van der Waals surface area contributed by atoms with Gasteiger partial charge in [0, 0.05) is 18.2 Å². The van der Waals surface area contributed by atoms with E-state index in [1.807, 2.05) is 0 Å². The highest BCUT2D eigenvalue weighted by molar-refractivity contribution is 7.92. The van der Waals surface area contributed by atoms with E-state index in [4.69, 9.17) is 4.74 Å². The van der Waals surface area contributed by atoms with E-state index in [0.29, 0.717) is 11.4 Å². The summed E-state index contributed by atoms with van der Waals surface area (Å²) in [6, 6.07) is 9.31. The second-order valence-corrected chi connectivity index (χ2v) is 8.48. The third-order valence-corrected chi connectivity index (χ3v) is 6.18. The highest BCUT2D eigenvalue weighted by Crippen LogP contribution is 2.31. The van der Waals surface area contributed by atoms with Gasteiger partial charge >= 0.3 is 0 Å². The molecule has 2 N–H and O–H groups in total. The number of rotatable bonds is 5. The summed E-state index contributed by atoms with van der Waals surface area (Å²) < 4.78 is 43.6. The Kier molecular flexibility index (Phi) is 5.13. The SMILES string of the molecule is CC(CC(=O)Nc1ccc(F)cc1)S(=O)(=O)c1ccc2c(c1)OCC(=O)N2. The van der Waals surface area contributed by atoms with Crippen molar-refractivity contribution in [2.75, 3.05) is 17.2 Å². The molecular weight excluding hydrogens is 375 g/mol.